The van der Waals surface area contributed by atoms with Gasteiger partial charge in [-0.3, -0.25) is 19.1 Å². The Bertz CT molecular complexity index is 1840. The lowest BCUT2D eigenvalue weighted by Gasteiger charge is -2.27. The number of pyridine rings is 1. The van der Waals surface area contributed by atoms with Crippen molar-refractivity contribution in [1.82, 2.24) is 34.9 Å². The molecule has 0 unspecified atom stereocenters. The number of ketones is 1. The fourth-order valence-electron chi connectivity index (χ4n) is 6.08. The van der Waals surface area contributed by atoms with E-state index in [4.69, 9.17) is 0 Å². The summed E-state index contributed by atoms with van der Waals surface area (Å²) < 4.78 is 40.7. The lowest BCUT2D eigenvalue weighted by molar-refractivity contribution is -0.139. The maximum absolute atomic E-state index is 13.9. The van der Waals surface area contributed by atoms with Crippen LogP contribution in [0.5, 0.6) is 0 Å². The third kappa shape index (κ3) is 6.20. The number of alkyl halides is 3. The first-order valence-electron chi connectivity index (χ1n) is 14.3. The molecule has 1 aliphatic heterocycles. The van der Waals surface area contributed by atoms with Gasteiger partial charge in [0.05, 0.1) is 23.7 Å². The number of nitrogens with zero attached hydrogens (tertiary/aromatic N) is 6. The van der Waals surface area contributed by atoms with Crippen LogP contribution in [0.1, 0.15) is 47.3 Å². The van der Waals surface area contributed by atoms with Crippen molar-refractivity contribution in [2.75, 3.05) is 6.54 Å². The van der Waals surface area contributed by atoms with Gasteiger partial charge in [-0.2, -0.15) is 18.3 Å². The fraction of sp³-hybridized carbons (Fsp3) is 0.387. The Labute approximate surface area is 264 Å². The van der Waals surface area contributed by atoms with Gasteiger partial charge in [0.15, 0.2) is 11.5 Å². The summed E-state index contributed by atoms with van der Waals surface area (Å²) in [5.41, 5.74) is 2.72. The van der Waals surface area contributed by atoms with Crippen LogP contribution in [0, 0.1) is 19.3 Å². The van der Waals surface area contributed by atoms with Gasteiger partial charge in [0.1, 0.15) is 23.5 Å². The average Bonchev–Trinajstić information content (AvgIpc) is 3.35. The van der Waals surface area contributed by atoms with Gasteiger partial charge >= 0.3 is 6.18 Å². The molecule has 4 heterocycles. The number of Topliss-reactive ketones (excluding diaryl/α,β-unsaturated/α-hetero) is 1. The number of fused-ring (bicyclic) bond motifs is 2. The standard InChI is InChI=1S/C31H29BrF3N7O3/c1-16-4-7-26(32)39-21(16)9-24(43)23-10-30(3)11-25(30)42(23)27(44)14-41-22-6-5-18(19-12-36-17(2)37-13-19)8-20(22)28(40-41)29(45)38-15-31(33,34)35/h4-8,12-13,23,25H,9-11,14-15H2,1-3H3,(H,38,45)/t23-,25+,30-/m0/s1. The van der Waals surface area contributed by atoms with E-state index in [0.29, 0.717) is 39.2 Å². The molecule has 6 rings (SSSR count). The van der Waals surface area contributed by atoms with Crippen LogP contribution in [0.15, 0.2) is 47.3 Å². The van der Waals surface area contributed by atoms with E-state index in [2.05, 4.69) is 42.9 Å². The molecule has 3 aromatic heterocycles. The van der Waals surface area contributed by atoms with E-state index in [1.54, 1.807) is 48.5 Å². The lowest BCUT2D eigenvalue weighted by atomic mass is 9.96. The summed E-state index contributed by atoms with van der Waals surface area (Å²) in [6.45, 7) is 3.82. The zero-order valence-corrected chi connectivity index (χ0v) is 26.2. The monoisotopic (exact) mass is 683 g/mol. The molecule has 4 aromatic rings. The van der Waals surface area contributed by atoms with Crippen LogP contribution >= 0.6 is 15.9 Å². The van der Waals surface area contributed by atoms with Crippen LogP contribution in [0.25, 0.3) is 22.0 Å². The van der Waals surface area contributed by atoms with Crippen molar-refractivity contribution in [3.05, 3.63) is 70.1 Å². The van der Waals surface area contributed by atoms with Crippen molar-refractivity contribution in [2.24, 2.45) is 5.41 Å². The van der Waals surface area contributed by atoms with Crippen LogP contribution in [-0.2, 0) is 22.6 Å². The smallest absolute Gasteiger partial charge is 0.342 e. The maximum Gasteiger partial charge on any atom is 0.405 e. The molecule has 14 heteroatoms. The highest BCUT2D eigenvalue weighted by Crippen LogP contribution is 2.59. The number of hydrogen-bond donors (Lipinski definition) is 1. The normalized spacial score (nSPS) is 20.7. The van der Waals surface area contributed by atoms with Gasteiger partial charge in [-0.1, -0.05) is 19.1 Å². The van der Waals surface area contributed by atoms with Crippen molar-refractivity contribution >= 4 is 44.4 Å². The number of hydrogen-bond acceptors (Lipinski definition) is 7. The van der Waals surface area contributed by atoms with Gasteiger partial charge in [-0.25, -0.2) is 15.0 Å². The zero-order valence-electron chi connectivity index (χ0n) is 24.7. The molecular formula is C31H29BrF3N7O3. The topological polar surface area (TPSA) is 123 Å². The molecule has 45 heavy (non-hydrogen) atoms. The SMILES string of the molecule is Cc1ncc(-c2ccc3c(c2)c(C(=O)NCC(F)(F)F)nn3CC(=O)N2[C@H](C(=O)Cc3nc(Br)ccc3C)C[C@@]3(C)C[C@@H]23)cn1. The Morgan fingerprint density at radius 3 is 2.51 bits per heavy atom. The molecule has 1 saturated carbocycles. The molecule has 0 spiro atoms. The van der Waals surface area contributed by atoms with Gasteiger partial charge in [0.25, 0.3) is 5.91 Å². The molecule has 1 aliphatic carbocycles. The molecule has 2 aliphatic rings. The number of nitrogens with one attached hydrogen (secondary N) is 1. The minimum Gasteiger partial charge on any atom is -0.342 e. The highest BCUT2D eigenvalue weighted by Gasteiger charge is 2.64. The molecule has 1 saturated heterocycles. The van der Waals surface area contributed by atoms with E-state index in [1.165, 1.54) is 4.68 Å². The zero-order chi connectivity index (χ0) is 32.3. The third-order valence-corrected chi connectivity index (χ3v) is 9.06. The molecule has 3 atom stereocenters. The van der Waals surface area contributed by atoms with Gasteiger partial charge in [0.2, 0.25) is 5.91 Å². The van der Waals surface area contributed by atoms with Crippen molar-refractivity contribution in [2.45, 2.75) is 64.8 Å². The van der Waals surface area contributed by atoms with Crippen molar-refractivity contribution in [3.63, 3.8) is 0 Å². The van der Waals surface area contributed by atoms with E-state index >= 15 is 0 Å². The summed E-state index contributed by atoms with van der Waals surface area (Å²) in [5.74, 6) is -0.942. The Kier molecular flexibility index (Phi) is 7.74. The Morgan fingerprint density at radius 2 is 1.80 bits per heavy atom. The quantitative estimate of drug-likeness (QED) is 0.266. The van der Waals surface area contributed by atoms with Gasteiger partial charge in [-0.15, -0.1) is 0 Å². The first-order chi connectivity index (χ1) is 21.2. The van der Waals surface area contributed by atoms with Crippen molar-refractivity contribution in [1.29, 1.82) is 0 Å². The lowest BCUT2D eigenvalue weighted by Crippen LogP contribution is -2.45. The van der Waals surface area contributed by atoms with Crippen LogP contribution in [0.4, 0.5) is 13.2 Å². The predicted molar refractivity (Wildman–Crippen MR) is 161 cm³/mol. The van der Waals surface area contributed by atoms with E-state index in [0.717, 1.165) is 12.0 Å². The van der Waals surface area contributed by atoms with E-state index in [9.17, 15) is 27.6 Å². The molecule has 1 aromatic carbocycles. The summed E-state index contributed by atoms with van der Waals surface area (Å²) in [5, 5.41) is 6.47. The van der Waals surface area contributed by atoms with Gasteiger partial charge in [0, 0.05) is 29.4 Å². The predicted octanol–water partition coefficient (Wildman–Crippen LogP) is 4.75. The van der Waals surface area contributed by atoms with Crippen LogP contribution < -0.4 is 5.32 Å². The van der Waals surface area contributed by atoms with Gasteiger partial charge < -0.3 is 10.2 Å². The number of benzene rings is 1. The Balaban J connectivity index is 1.31. The number of rotatable bonds is 8. The number of aromatic nitrogens is 5. The minimum atomic E-state index is -4.62. The van der Waals surface area contributed by atoms with E-state index < -0.39 is 24.7 Å². The number of halogens is 4. The van der Waals surface area contributed by atoms with Crippen molar-refractivity contribution in [3.8, 4) is 11.1 Å². The molecule has 0 radical (unpaired) electrons. The Hall–Kier alpha value is -4.20. The molecule has 234 valence electrons. The second-order valence-corrected chi connectivity index (χ2v) is 12.8. The average molecular weight is 685 g/mol. The van der Waals surface area contributed by atoms with Gasteiger partial charge in [-0.05, 0) is 77.4 Å². The minimum absolute atomic E-state index is 0.0717. The number of likely N-dealkylation sites (tertiary alicyclic amines) is 1. The largest absolute Gasteiger partial charge is 0.405 e. The molecule has 2 fully saturated rings. The van der Waals surface area contributed by atoms with Crippen LogP contribution in [0.3, 0.4) is 0 Å². The number of amides is 2. The Morgan fingerprint density at radius 1 is 1.07 bits per heavy atom. The van der Waals surface area contributed by atoms with E-state index in [1.807, 2.05) is 18.3 Å². The summed E-state index contributed by atoms with van der Waals surface area (Å²) in [6.07, 6.45) is -0.0487. The molecular weight excluding hydrogens is 655 g/mol. The third-order valence-electron chi connectivity index (χ3n) is 8.62. The molecule has 2 amide bonds. The number of aryl methyl sites for hydroxylation is 2. The first kappa shape index (κ1) is 30.8. The van der Waals surface area contributed by atoms with E-state index in [-0.39, 0.29) is 47.2 Å². The van der Waals surface area contributed by atoms with Crippen LogP contribution in [-0.4, -0.2) is 72.0 Å². The maximum atomic E-state index is 13.9. The highest BCUT2D eigenvalue weighted by molar-refractivity contribution is 9.10. The summed E-state index contributed by atoms with van der Waals surface area (Å²) in [7, 11) is 0. The highest BCUT2D eigenvalue weighted by atomic mass is 79.9. The summed E-state index contributed by atoms with van der Waals surface area (Å²) in [6, 6.07) is 7.93. The number of piperidine rings is 1. The second kappa shape index (κ2) is 11.3. The number of carbonyl (C=O) groups is 3. The second-order valence-electron chi connectivity index (χ2n) is 12.0. The summed E-state index contributed by atoms with van der Waals surface area (Å²) >= 11 is 3.35. The summed E-state index contributed by atoms with van der Waals surface area (Å²) in [4.78, 5) is 54.9. The molecule has 0 bridgehead atoms. The molecule has 1 N–H and O–H groups in total. The molecule has 10 nitrogen and oxygen atoms in total. The first-order valence-corrected chi connectivity index (χ1v) is 15.1. The number of carbonyl (C=O) groups excluding carboxylic acids is 3. The van der Waals surface area contributed by atoms with Crippen LogP contribution in [0.2, 0.25) is 0 Å². The fourth-order valence-corrected chi connectivity index (χ4v) is 6.43. The van der Waals surface area contributed by atoms with Crippen molar-refractivity contribution < 1.29 is 27.6 Å².